The van der Waals surface area contributed by atoms with Gasteiger partial charge in [0.15, 0.2) is 0 Å². The van der Waals surface area contributed by atoms with Gasteiger partial charge in [-0.2, -0.15) is 0 Å². The summed E-state index contributed by atoms with van der Waals surface area (Å²) in [6, 6.07) is 9.32. The molecule has 19 heavy (non-hydrogen) atoms. The van der Waals surface area contributed by atoms with Crippen LogP contribution in [0.4, 0.5) is 0 Å². The van der Waals surface area contributed by atoms with Gasteiger partial charge in [-0.3, -0.25) is 0 Å². The van der Waals surface area contributed by atoms with Gasteiger partial charge in [0.25, 0.3) is 0 Å². The van der Waals surface area contributed by atoms with Gasteiger partial charge in [0.1, 0.15) is 5.75 Å². The summed E-state index contributed by atoms with van der Waals surface area (Å²) in [7, 11) is 0. The van der Waals surface area contributed by atoms with Crippen molar-refractivity contribution in [2.75, 3.05) is 13.2 Å². The summed E-state index contributed by atoms with van der Waals surface area (Å²) in [5.74, 6) is 2.62. The van der Waals surface area contributed by atoms with Crippen molar-refractivity contribution in [3.63, 3.8) is 0 Å². The van der Waals surface area contributed by atoms with E-state index in [9.17, 15) is 0 Å². The number of para-hydroxylation sites is 1. The highest BCUT2D eigenvalue weighted by Gasteiger charge is 2.29. The molecule has 104 valence electrons. The molecule has 1 heterocycles. The van der Waals surface area contributed by atoms with Crippen molar-refractivity contribution in [2.24, 2.45) is 5.92 Å². The Hall–Kier alpha value is -1.02. The van der Waals surface area contributed by atoms with Crippen LogP contribution in [0.1, 0.15) is 50.5 Å². The summed E-state index contributed by atoms with van der Waals surface area (Å²) in [5.41, 5.74) is 1.44. The van der Waals surface area contributed by atoms with E-state index in [2.05, 4.69) is 36.5 Å². The van der Waals surface area contributed by atoms with Crippen LogP contribution in [-0.2, 0) is 0 Å². The molecule has 0 amide bonds. The van der Waals surface area contributed by atoms with Crippen LogP contribution < -0.4 is 10.1 Å². The second kappa shape index (κ2) is 5.96. The molecule has 1 N–H and O–H groups in total. The maximum absolute atomic E-state index is 5.81. The molecule has 1 aromatic rings. The number of hydrogen-bond acceptors (Lipinski definition) is 2. The van der Waals surface area contributed by atoms with E-state index in [4.69, 9.17) is 4.74 Å². The Morgan fingerprint density at radius 2 is 2.16 bits per heavy atom. The fourth-order valence-electron chi connectivity index (χ4n) is 3.81. The third kappa shape index (κ3) is 2.94. The number of fused-ring (bicyclic) bond motifs is 1. The fourth-order valence-corrected chi connectivity index (χ4v) is 3.81. The Labute approximate surface area is 116 Å². The van der Waals surface area contributed by atoms with Crippen LogP contribution in [0, 0.1) is 5.92 Å². The van der Waals surface area contributed by atoms with Crippen molar-refractivity contribution < 1.29 is 4.74 Å². The van der Waals surface area contributed by atoms with E-state index in [1.807, 2.05) is 0 Å². The Bertz CT molecular complexity index is 415. The molecule has 1 aliphatic heterocycles. The normalized spacial score (nSPS) is 29.8. The molecule has 3 unspecified atom stereocenters. The second-order valence-electron chi connectivity index (χ2n) is 6.07. The van der Waals surface area contributed by atoms with Gasteiger partial charge in [-0.25, -0.2) is 0 Å². The van der Waals surface area contributed by atoms with E-state index in [1.165, 1.54) is 37.7 Å². The zero-order valence-corrected chi connectivity index (χ0v) is 11.9. The highest BCUT2D eigenvalue weighted by molar-refractivity contribution is 5.39. The monoisotopic (exact) mass is 259 g/mol. The largest absolute Gasteiger partial charge is 0.493 e. The van der Waals surface area contributed by atoms with Gasteiger partial charge in [0.05, 0.1) is 6.61 Å². The molecular weight excluding hydrogens is 234 g/mol. The zero-order valence-electron chi connectivity index (χ0n) is 11.9. The molecule has 2 aliphatic rings. The lowest BCUT2D eigenvalue weighted by molar-refractivity contribution is 0.244. The van der Waals surface area contributed by atoms with Gasteiger partial charge < -0.3 is 10.1 Å². The van der Waals surface area contributed by atoms with E-state index in [0.29, 0.717) is 5.92 Å². The molecule has 0 saturated heterocycles. The molecule has 1 aromatic carbocycles. The SMILES string of the molecule is CCNC1CCCC(CC2COc3ccccc32)C1. The molecule has 3 rings (SSSR count). The number of rotatable bonds is 4. The minimum absolute atomic E-state index is 0.626. The number of nitrogens with one attached hydrogen (secondary N) is 1. The summed E-state index contributed by atoms with van der Waals surface area (Å²) in [6.07, 6.45) is 6.81. The smallest absolute Gasteiger partial charge is 0.122 e. The topological polar surface area (TPSA) is 21.3 Å². The summed E-state index contributed by atoms with van der Waals surface area (Å²) in [4.78, 5) is 0. The van der Waals surface area contributed by atoms with Crippen LogP contribution >= 0.6 is 0 Å². The number of benzene rings is 1. The van der Waals surface area contributed by atoms with Crippen LogP contribution in [0.15, 0.2) is 24.3 Å². The quantitative estimate of drug-likeness (QED) is 0.889. The molecule has 1 fully saturated rings. The summed E-state index contributed by atoms with van der Waals surface area (Å²) in [5, 5.41) is 3.63. The molecule has 3 atom stereocenters. The first-order chi connectivity index (χ1) is 9.36. The van der Waals surface area contributed by atoms with Gasteiger partial charge in [0.2, 0.25) is 0 Å². The van der Waals surface area contributed by atoms with Gasteiger partial charge in [0, 0.05) is 17.5 Å². The van der Waals surface area contributed by atoms with Crippen molar-refractivity contribution >= 4 is 0 Å². The Morgan fingerprint density at radius 1 is 1.26 bits per heavy atom. The van der Waals surface area contributed by atoms with Crippen LogP contribution in [0.2, 0.25) is 0 Å². The lowest BCUT2D eigenvalue weighted by atomic mass is 9.79. The van der Waals surface area contributed by atoms with E-state index in [0.717, 1.165) is 30.9 Å². The van der Waals surface area contributed by atoms with Gasteiger partial charge in [-0.15, -0.1) is 0 Å². The van der Waals surface area contributed by atoms with E-state index < -0.39 is 0 Å². The van der Waals surface area contributed by atoms with Crippen molar-refractivity contribution in [2.45, 2.75) is 51.0 Å². The highest BCUT2D eigenvalue weighted by atomic mass is 16.5. The van der Waals surface area contributed by atoms with Gasteiger partial charge >= 0.3 is 0 Å². The van der Waals surface area contributed by atoms with E-state index >= 15 is 0 Å². The zero-order chi connectivity index (χ0) is 13.1. The molecule has 0 spiro atoms. The average Bonchev–Trinajstić information content (AvgIpc) is 2.83. The maximum Gasteiger partial charge on any atom is 0.122 e. The Balaban J connectivity index is 1.60. The number of ether oxygens (including phenoxy) is 1. The fraction of sp³-hybridized carbons (Fsp3) is 0.647. The first-order valence-electron chi connectivity index (χ1n) is 7.82. The maximum atomic E-state index is 5.81. The van der Waals surface area contributed by atoms with Gasteiger partial charge in [-0.1, -0.05) is 38.0 Å². The Morgan fingerprint density at radius 3 is 3.05 bits per heavy atom. The molecule has 0 radical (unpaired) electrons. The van der Waals surface area contributed by atoms with Crippen molar-refractivity contribution in [1.29, 1.82) is 0 Å². The third-order valence-electron chi connectivity index (χ3n) is 4.69. The molecule has 1 aliphatic carbocycles. The van der Waals surface area contributed by atoms with Crippen LogP contribution in [0.3, 0.4) is 0 Å². The molecular formula is C17H25NO. The Kier molecular flexibility index (Phi) is 4.07. The summed E-state index contributed by atoms with van der Waals surface area (Å²) in [6.45, 7) is 4.21. The summed E-state index contributed by atoms with van der Waals surface area (Å²) < 4.78 is 5.81. The third-order valence-corrected chi connectivity index (χ3v) is 4.69. The molecule has 1 saturated carbocycles. The highest BCUT2D eigenvalue weighted by Crippen LogP contribution is 2.40. The lowest BCUT2D eigenvalue weighted by Crippen LogP contribution is -2.34. The first-order valence-corrected chi connectivity index (χ1v) is 7.82. The van der Waals surface area contributed by atoms with Crippen molar-refractivity contribution in [1.82, 2.24) is 5.32 Å². The standard InChI is InChI=1S/C17H25NO/c1-2-18-15-7-5-6-13(11-15)10-14-12-19-17-9-4-3-8-16(14)17/h3-4,8-9,13-15,18H,2,5-7,10-12H2,1H3. The molecule has 2 nitrogen and oxygen atoms in total. The van der Waals surface area contributed by atoms with E-state index in [1.54, 1.807) is 0 Å². The average molecular weight is 259 g/mol. The minimum Gasteiger partial charge on any atom is -0.493 e. The van der Waals surface area contributed by atoms with Crippen molar-refractivity contribution in [3.05, 3.63) is 29.8 Å². The predicted octanol–water partition coefficient (Wildman–Crippen LogP) is 3.72. The number of hydrogen-bond donors (Lipinski definition) is 1. The van der Waals surface area contributed by atoms with Crippen LogP contribution in [0.5, 0.6) is 5.75 Å². The van der Waals surface area contributed by atoms with Gasteiger partial charge in [-0.05, 0) is 37.8 Å². The summed E-state index contributed by atoms with van der Waals surface area (Å²) >= 11 is 0. The molecule has 2 heteroatoms. The molecule has 0 bridgehead atoms. The van der Waals surface area contributed by atoms with E-state index in [-0.39, 0.29) is 0 Å². The minimum atomic E-state index is 0.626. The first kappa shape index (κ1) is 13.0. The second-order valence-corrected chi connectivity index (χ2v) is 6.07. The lowest BCUT2D eigenvalue weighted by Gasteiger charge is -2.31. The van der Waals surface area contributed by atoms with Crippen LogP contribution in [0.25, 0.3) is 0 Å². The molecule has 0 aromatic heterocycles. The van der Waals surface area contributed by atoms with Crippen LogP contribution in [-0.4, -0.2) is 19.2 Å². The predicted molar refractivity (Wildman–Crippen MR) is 78.7 cm³/mol. The van der Waals surface area contributed by atoms with Crippen molar-refractivity contribution in [3.8, 4) is 5.75 Å².